The van der Waals surface area contributed by atoms with E-state index in [1.807, 2.05) is 73.7 Å². The summed E-state index contributed by atoms with van der Waals surface area (Å²) in [7, 11) is 0. The van der Waals surface area contributed by atoms with Crippen LogP contribution in [-0.4, -0.2) is 33.4 Å². The number of ketones is 1. The highest BCUT2D eigenvalue weighted by atomic mass is 32.1. The fraction of sp³-hybridized carbons (Fsp3) is 0.120. The van der Waals surface area contributed by atoms with Gasteiger partial charge in [0.2, 0.25) is 5.78 Å². The van der Waals surface area contributed by atoms with Crippen LogP contribution in [0.5, 0.6) is 0 Å². The van der Waals surface area contributed by atoms with E-state index in [2.05, 4.69) is 10.4 Å². The first kappa shape index (κ1) is 22.2. The standard InChI is InChI=1S/C25H22N4O3S/c1-16-14-19(25(33-16)29-13-12-20(28-29)18-10-6-3-7-11-18)24(32)27-21(22(30)23(26)31)15-17-8-4-2-5-9-17/h2-14,21H,15H2,1H3,(H2,26,31)(H,27,32). The van der Waals surface area contributed by atoms with Gasteiger partial charge in [-0.1, -0.05) is 60.7 Å². The van der Waals surface area contributed by atoms with Crippen molar-refractivity contribution in [1.82, 2.24) is 15.1 Å². The number of primary amides is 1. The zero-order valence-electron chi connectivity index (χ0n) is 17.9. The molecule has 1 unspecified atom stereocenters. The molecular formula is C25H22N4O3S. The lowest BCUT2D eigenvalue weighted by Crippen LogP contribution is -2.47. The molecule has 0 spiro atoms. The number of carbonyl (C=O) groups excluding carboxylic acids is 3. The summed E-state index contributed by atoms with van der Waals surface area (Å²) in [4.78, 5) is 38.1. The molecule has 33 heavy (non-hydrogen) atoms. The van der Waals surface area contributed by atoms with Crippen LogP contribution in [0.2, 0.25) is 0 Å². The third-order valence-corrected chi connectivity index (χ3v) is 6.13. The van der Waals surface area contributed by atoms with E-state index in [1.165, 1.54) is 11.3 Å². The summed E-state index contributed by atoms with van der Waals surface area (Å²) >= 11 is 1.41. The molecule has 0 aliphatic heterocycles. The largest absolute Gasteiger partial charge is 0.363 e. The Bertz CT molecular complexity index is 1300. The lowest BCUT2D eigenvalue weighted by Gasteiger charge is -2.16. The molecule has 0 saturated heterocycles. The Kier molecular flexibility index (Phi) is 6.46. The van der Waals surface area contributed by atoms with E-state index in [1.54, 1.807) is 16.9 Å². The number of amides is 2. The molecule has 0 radical (unpaired) electrons. The summed E-state index contributed by atoms with van der Waals surface area (Å²) in [6.45, 7) is 1.89. The first-order valence-corrected chi connectivity index (χ1v) is 11.1. The summed E-state index contributed by atoms with van der Waals surface area (Å²) in [5.41, 5.74) is 8.15. The smallest absolute Gasteiger partial charge is 0.287 e. The van der Waals surface area contributed by atoms with Crippen LogP contribution in [0.4, 0.5) is 0 Å². The van der Waals surface area contributed by atoms with Crippen LogP contribution in [0.3, 0.4) is 0 Å². The molecule has 0 fully saturated rings. The van der Waals surface area contributed by atoms with E-state index < -0.39 is 23.6 Å². The van der Waals surface area contributed by atoms with Gasteiger partial charge in [0.15, 0.2) is 0 Å². The van der Waals surface area contributed by atoms with Crippen molar-refractivity contribution in [2.45, 2.75) is 19.4 Å². The molecule has 7 nitrogen and oxygen atoms in total. The summed E-state index contributed by atoms with van der Waals surface area (Å²) in [5, 5.41) is 7.95. The number of hydrogen-bond acceptors (Lipinski definition) is 5. The molecule has 166 valence electrons. The Hall–Kier alpha value is -4.04. The first-order valence-electron chi connectivity index (χ1n) is 10.3. The monoisotopic (exact) mass is 458 g/mol. The highest BCUT2D eigenvalue weighted by Gasteiger charge is 2.27. The first-order chi connectivity index (χ1) is 15.9. The van der Waals surface area contributed by atoms with Gasteiger partial charge in [-0.2, -0.15) is 5.10 Å². The van der Waals surface area contributed by atoms with Crippen LogP contribution >= 0.6 is 11.3 Å². The average molecular weight is 459 g/mol. The van der Waals surface area contributed by atoms with Crippen molar-refractivity contribution < 1.29 is 14.4 Å². The normalized spacial score (nSPS) is 11.7. The predicted octanol–water partition coefficient (Wildman–Crippen LogP) is 3.30. The number of Topliss-reactive ketones (excluding diaryl/α,β-unsaturated/α-hetero) is 1. The number of nitrogens with zero attached hydrogens (tertiary/aromatic N) is 2. The molecule has 2 aromatic heterocycles. The number of benzene rings is 2. The van der Waals surface area contributed by atoms with Crippen LogP contribution < -0.4 is 11.1 Å². The maximum absolute atomic E-state index is 13.2. The average Bonchev–Trinajstić information content (AvgIpc) is 3.46. The Morgan fingerprint density at radius 1 is 1.03 bits per heavy atom. The number of thiophene rings is 1. The molecular weight excluding hydrogens is 436 g/mol. The van der Waals surface area contributed by atoms with E-state index in [0.717, 1.165) is 21.7 Å². The van der Waals surface area contributed by atoms with Gasteiger partial charge < -0.3 is 11.1 Å². The highest BCUT2D eigenvalue weighted by molar-refractivity contribution is 7.14. The van der Waals surface area contributed by atoms with Crippen molar-refractivity contribution in [3.63, 3.8) is 0 Å². The van der Waals surface area contributed by atoms with Gasteiger partial charge in [-0.25, -0.2) is 4.68 Å². The number of carbonyl (C=O) groups is 3. The molecule has 0 aliphatic rings. The fourth-order valence-electron chi connectivity index (χ4n) is 3.50. The van der Waals surface area contributed by atoms with Crippen LogP contribution in [-0.2, 0) is 16.0 Å². The summed E-state index contributed by atoms with van der Waals surface area (Å²) in [6, 6.07) is 21.4. The van der Waals surface area contributed by atoms with Gasteiger partial charge in [-0.15, -0.1) is 11.3 Å². The van der Waals surface area contributed by atoms with Crippen molar-refractivity contribution in [3.8, 4) is 16.3 Å². The molecule has 2 amide bonds. The van der Waals surface area contributed by atoms with Gasteiger partial charge in [-0.05, 0) is 24.6 Å². The molecule has 0 aliphatic carbocycles. The maximum atomic E-state index is 13.2. The Morgan fingerprint density at radius 2 is 1.70 bits per heavy atom. The molecule has 4 rings (SSSR count). The molecule has 2 aromatic carbocycles. The van der Waals surface area contributed by atoms with Gasteiger partial charge >= 0.3 is 0 Å². The van der Waals surface area contributed by atoms with E-state index in [-0.39, 0.29) is 6.42 Å². The minimum absolute atomic E-state index is 0.159. The quantitative estimate of drug-likeness (QED) is 0.395. The molecule has 0 saturated carbocycles. The Balaban J connectivity index is 1.61. The van der Waals surface area contributed by atoms with Crippen molar-refractivity contribution >= 4 is 28.9 Å². The minimum atomic E-state index is -1.09. The van der Waals surface area contributed by atoms with E-state index in [9.17, 15) is 14.4 Å². The van der Waals surface area contributed by atoms with Crippen LogP contribution in [0.1, 0.15) is 20.8 Å². The summed E-state index contributed by atoms with van der Waals surface area (Å²) < 4.78 is 1.65. The third-order valence-electron chi connectivity index (χ3n) is 5.09. The fourth-order valence-corrected chi connectivity index (χ4v) is 4.44. The number of nitrogens with one attached hydrogen (secondary N) is 1. The van der Waals surface area contributed by atoms with E-state index in [0.29, 0.717) is 10.6 Å². The summed E-state index contributed by atoms with van der Waals surface area (Å²) in [6.07, 6.45) is 1.95. The van der Waals surface area contributed by atoms with E-state index >= 15 is 0 Å². The lowest BCUT2D eigenvalue weighted by molar-refractivity contribution is -0.137. The van der Waals surface area contributed by atoms with Gasteiger partial charge in [-0.3, -0.25) is 14.4 Å². The van der Waals surface area contributed by atoms with E-state index in [4.69, 9.17) is 5.73 Å². The molecule has 2 heterocycles. The maximum Gasteiger partial charge on any atom is 0.287 e. The Labute approximate surface area is 194 Å². The Morgan fingerprint density at radius 3 is 2.36 bits per heavy atom. The van der Waals surface area contributed by atoms with Crippen molar-refractivity contribution in [3.05, 3.63) is 95.0 Å². The van der Waals surface area contributed by atoms with Gasteiger partial charge in [0.1, 0.15) is 11.0 Å². The lowest BCUT2D eigenvalue weighted by atomic mass is 10.0. The predicted molar refractivity (Wildman–Crippen MR) is 127 cm³/mol. The third kappa shape index (κ3) is 5.07. The molecule has 0 bridgehead atoms. The molecule has 4 aromatic rings. The molecule has 1 atom stereocenters. The van der Waals surface area contributed by atoms with Gasteiger partial charge in [0, 0.05) is 23.1 Å². The second-order valence-corrected chi connectivity index (χ2v) is 8.77. The van der Waals surface area contributed by atoms with Crippen LogP contribution in [0, 0.1) is 6.92 Å². The molecule has 8 heteroatoms. The highest BCUT2D eigenvalue weighted by Crippen LogP contribution is 2.27. The summed E-state index contributed by atoms with van der Waals surface area (Å²) in [5.74, 6) is -2.40. The van der Waals surface area contributed by atoms with Gasteiger partial charge in [0.25, 0.3) is 11.8 Å². The van der Waals surface area contributed by atoms with Crippen molar-refractivity contribution in [2.24, 2.45) is 5.73 Å². The number of rotatable bonds is 8. The number of nitrogens with two attached hydrogens (primary N) is 1. The second kappa shape index (κ2) is 9.62. The minimum Gasteiger partial charge on any atom is -0.363 e. The zero-order chi connectivity index (χ0) is 23.4. The number of aryl methyl sites for hydroxylation is 1. The molecule has 3 N–H and O–H groups in total. The van der Waals surface area contributed by atoms with Crippen molar-refractivity contribution in [1.29, 1.82) is 0 Å². The SMILES string of the molecule is Cc1cc(C(=O)NC(Cc2ccccc2)C(=O)C(N)=O)c(-n2ccc(-c3ccccc3)n2)s1. The topological polar surface area (TPSA) is 107 Å². The van der Waals surface area contributed by atoms with Gasteiger partial charge in [0.05, 0.1) is 11.3 Å². The second-order valence-electron chi connectivity index (χ2n) is 7.53. The van der Waals surface area contributed by atoms with Crippen LogP contribution in [0.15, 0.2) is 79.0 Å². The zero-order valence-corrected chi connectivity index (χ0v) is 18.7. The number of aromatic nitrogens is 2. The van der Waals surface area contributed by atoms with Crippen LogP contribution in [0.25, 0.3) is 16.3 Å². The van der Waals surface area contributed by atoms with Crippen molar-refractivity contribution in [2.75, 3.05) is 0 Å². The number of hydrogen-bond donors (Lipinski definition) is 2.